The van der Waals surface area contributed by atoms with Crippen molar-refractivity contribution in [2.24, 2.45) is 5.92 Å². The SMILES string of the molecule is CCN(CC)C(=O)Cn1cc(C(=O)N2CCC([C@H](C)N3CCOCC3)CC2)nn1. The first kappa shape index (κ1) is 21.7. The molecule has 2 aliphatic rings. The highest BCUT2D eigenvalue weighted by molar-refractivity contribution is 5.92. The van der Waals surface area contributed by atoms with Crippen molar-refractivity contribution in [3.05, 3.63) is 11.9 Å². The molecule has 2 amide bonds. The Morgan fingerprint density at radius 1 is 1.17 bits per heavy atom. The van der Waals surface area contributed by atoms with Crippen LogP contribution in [0, 0.1) is 5.92 Å². The number of amides is 2. The third-order valence-electron chi connectivity index (χ3n) is 6.30. The van der Waals surface area contributed by atoms with Crippen LogP contribution in [0.15, 0.2) is 6.20 Å². The molecule has 0 N–H and O–H groups in total. The molecular weight excluding hydrogens is 372 g/mol. The zero-order valence-electron chi connectivity index (χ0n) is 17.9. The fourth-order valence-electron chi connectivity index (χ4n) is 4.32. The minimum absolute atomic E-state index is 0.0168. The number of carbonyl (C=O) groups is 2. The number of ether oxygens (including phenoxy) is 1. The number of hydrogen-bond acceptors (Lipinski definition) is 6. The molecule has 0 unspecified atom stereocenters. The second-order valence-corrected chi connectivity index (χ2v) is 7.89. The normalized spacial score (nSPS) is 19.9. The molecule has 0 saturated carbocycles. The lowest BCUT2D eigenvalue weighted by Gasteiger charge is -2.40. The molecule has 3 heterocycles. The summed E-state index contributed by atoms with van der Waals surface area (Å²) in [7, 11) is 0. The predicted molar refractivity (Wildman–Crippen MR) is 108 cm³/mol. The maximum absolute atomic E-state index is 12.8. The van der Waals surface area contributed by atoms with Gasteiger partial charge in [-0.15, -0.1) is 5.10 Å². The fourth-order valence-corrected chi connectivity index (χ4v) is 4.32. The second kappa shape index (κ2) is 10.2. The van der Waals surface area contributed by atoms with E-state index in [0.717, 1.165) is 52.2 Å². The summed E-state index contributed by atoms with van der Waals surface area (Å²) in [4.78, 5) is 31.1. The van der Waals surface area contributed by atoms with Gasteiger partial charge in [0.25, 0.3) is 5.91 Å². The van der Waals surface area contributed by atoms with Gasteiger partial charge in [0.05, 0.1) is 19.4 Å². The van der Waals surface area contributed by atoms with E-state index in [4.69, 9.17) is 4.74 Å². The summed E-state index contributed by atoms with van der Waals surface area (Å²) < 4.78 is 6.91. The topological polar surface area (TPSA) is 83.8 Å². The smallest absolute Gasteiger partial charge is 0.276 e. The van der Waals surface area contributed by atoms with Crippen LogP contribution in [0.5, 0.6) is 0 Å². The molecule has 0 aromatic carbocycles. The van der Waals surface area contributed by atoms with Crippen molar-refractivity contribution in [3.63, 3.8) is 0 Å². The van der Waals surface area contributed by atoms with Gasteiger partial charge in [0.1, 0.15) is 6.54 Å². The Balaban J connectivity index is 1.50. The Kier molecular flexibility index (Phi) is 7.60. The molecule has 1 atom stereocenters. The van der Waals surface area contributed by atoms with Crippen molar-refractivity contribution < 1.29 is 14.3 Å². The molecule has 2 aliphatic heterocycles. The number of piperidine rings is 1. The van der Waals surface area contributed by atoms with E-state index in [0.29, 0.717) is 30.7 Å². The van der Waals surface area contributed by atoms with Crippen LogP contribution in [-0.4, -0.2) is 100 Å². The van der Waals surface area contributed by atoms with Crippen LogP contribution >= 0.6 is 0 Å². The predicted octanol–water partition coefficient (Wildman–Crippen LogP) is 0.719. The molecule has 162 valence electrons. The number of aromatic nitrogens is 3. The standard InChI is InChI=1S/C20H34N6O3/c1-4-23(5-2)19(27)15-26-14-18(21-22-26)20(28)25-8-6-17(7-9-25)16(3)24-10-12-29-13-11-24/h14,16-17H,4-13,15H2,1-3H3/t16-/m0/s1. The highest BCUT2D eigenvalue weighted by Gasteiger charge is 2.31. The summed E-state index contributed by atoms with van der Waals surface area (Å²) in [6.07, 6.45) is 3.59. The van der Waals surface area contributed by atoms with Crippen LogP contribution in [0.2, 0.25) is 0 Å². The van der Waals surface area contributed by atoms with Crippen molar-refractivity contribution >= 4 is 11.8 Å². The number of likely N-dealkylation sites (tertiary alicyclic amines) is 1. The van der Waals surface area contributed by atoms with Crippen LogP contribution in [0.3, 0.4) is 0 Å². The third kappa shape index (κ3) is 5.33. The minimum atomic E-state index is -0.0935. The molecule has 0 spiro atoms. The summed E-state index contributed by atoms with van der Waals surface area (Å²) in [6.45, 7) is 12.7. The van der Waals surface area contributed by atoms with Crippen LogP contribution in [0.4, 0.5) is 0 Å². The second-order valence-electron chi connectivity index (χ2n) is 7.89. The van der Waals surface area contributed by atoms with E-state index in [2.05, 4.69) is 22.1 Å². The molecule has 9 nitrogen and oxygen atoms in total. The van der Waals surface area contributed by atoms with Crippen molar-refractivity contribution in [1.82, 2.24) is 29.7 Å². The molecule has 0 bridgehead atoms. The van der Waals surface area contributed by atoms with Crippen LogP contribution in [0.25, 0.3) is 0 Å². The Labute approximate surface area is 173 Å². The van der Waals surface area contributed by atoms with E-state index in [1.807, 2.05) is 18.7 Å². The molecule has 0 radical (unpaired) electrons. The Morgan fingerprint density at radius 2 is 1.83 bits per heavy atom. The van der Waals surface area contributed by atoms with E-state index in [1.54, 1.807) is 11.1 Å². The lowest BCUT2D eigenvalue weighted by molar-refractivity contribution is -0.131. The van der Waals surface area contributed by atoms with Crippen molar-refractivity contribution in [3.8, 4) is 0 Å². The van der Waals surface area contributed by atoms with E-state index >= 15 is 0 Å². The van der Waals surface area contributed by atoms with E-state index < -0.39 is 0 Å². The quantitative estimate of drug-likeness (QED) is 0.664. The van der Waals surface area contributed by atoms with Crippen LogP contribution in [0.1, 0.15) is 44.1 Å². The first-order valence-electron chi connectivity index (χ1n) is 10.8. The first-order chi connectivity index (χ1) is 14.0. The zero-order chi connectivity index (χ0) is 20.8. The number of carbonyl (C=O) groups excluding carboxylic acids is 2. The molecule has 9 heteroatoms. The van der Waals surface area contributed by atoms with Gasteiger partial charge in [-0.05, 0) is 39.5 Å². The monoisotopic (exact) mass is 406 g/mol. The summed E-state index contributed by atoms with van der Waals surface area (Å²) in [5.74, 6) is 0.486. The Morgan fingerprint density at radius 3 is 2.45 bits per heavy atom. The molecule has 2 fully saturated rings. The summed E-state index contributed by atoms with van der Waals surface area (Å²) >= 11 is 0. The lowest BCUT2D eigenvalue weighted by atomic mass is 9.89. The fraction of sp³-hybridized carbons (Fsp3) is 0.800. The van der Waals surface area contributed by atoms with Gasteiger partial charge >= 0.3 is 0 Å². The maximum Gasteiger partial charge on any atom is 0.276 e. The highest BCUT2D eigenvalue weighted by atomic mass is 16.5. The number of rotatable bonds is 7. The van der Waals surface area contributed by atoms with Crippen molar-refractivity contribution in [2.75, 3.05) is 52.5 Å². The Hall–Kier alpha value is -2.00. The molecule has 3 rings (SSSR count). The van der Waals surface area contributed by atoms with Gasteiger partial charge in [-0.25, -0.2) is 4.68 Å². The molecular formula is C20H34N6O3. The summed E-state index contributed by atoms with van der Waals surface area (Å²) in [5, 5.41) is 7.99. The molecule has 0 aliphatic carbocycles. The van der Waals surface area contributed by atoms with Crippen LogP contribution < -0.4 is 0 Å². The van der Waals surface area contributed by atoms with Crippen molar-refractivity contribution in [1.29, 1.82) is 0 Å². The number of likely N-dealkylation sites (N-methyl/N-ethyl adjacent to an activating group) is 1. The Bertz CT molecular complexity index is 676. The van der Waals surface area contributed by atoms with E-state index in [9.17, 15) is 9.59 Å². The van der Waals surface area contributed by atoms with Gasteiger partial charge in [-0.2, -0.15) is 0 Å². The third-order valence-corrected chi connectivity index (χ3v) is 6.30. The summed E-state index contributed by atoms with van der Waals surface area (Å²) in [6, 6.07) is 0.517. The van der Waals surface area contributed by atoms with Gasteiger partial charge < -0.3 is 14.5 Å². The van der Waals surface area contributed by atoms with Gasteiger partial charge in [0.15, 0.2) is 5.69 Å². The minimum Gasteiger partial charge on any atom is -0.379 e. The van der Waals surface area contributed by atoms with Crippen molar-refractivity contribution in [2.45, 2.75) is 46.2 Å². The first-order valence-corrected chi connectivity index (χ1v) is 10.8. The highest BCUT2D eigenvalue weighted by Crippen LogP contribution is 2.25. The van der Waals surface area contributed by atoms with E-state index in [1.165, 1.54) is 4.68 Å². The lowest BCUT2D eigenvalue weighted by Crippen LogP contribution is -2.49. The number of nitrogens with zero attached hydrogens (tertiary/aromatic N) is 6. The summed E-state index contributed by atoms with van der Waals surface area (Å²) in [5.41, 5.74) is 0.317. The van der Waals surface area contributed by atoms with Gasteiger partial charge in [-0.1, -0.05) is 5.21 Å². The van der Waals surface area contributed by atoms with Gasteiger partial charge in [-0.3, -0.25) is 14.5 Å². The number of morpholine rings is 1. The molecule has 1 aromatic heterocycles. The van der Waals surface area contributed by atoms with E-state index in [-0.39, 0.29) is 18.4 Å². The maximum atomic E-state index is 12.8. The zero-order valence-corrected chi connectivity index (χ0v) is 17.9. The molecule has 2 saturated heterocycles. The van der Waals surface area contributed by atoms with Crippen LogP contribution in [-0.2, 0) is 16.1 Å². The largest absolute Gasteiger partial charge is 0.379 e. The number of hydrogen-bond donors (Lipinski definition) is 0. The van der Waals surface area contributed by atoms with Gasteiger partial charge in [0, 0.05) is 45.3 Å². The molecule has 29 heavy (non-hydrogen) atoms. The molecule has 1 aromatic rings. The average molecular weight is 407 g/mol. The average Bonchev–Trinajstić information content (AvgIpc) is 3.22. The van der Waals surface area contributed by atoms with Gasteiger partial charge in [0.2, 0.25) is 5.91 Å².